The lowest BCUT2D eigenvalue weighted by Gasteiger charge is -2.08. The van der Waals surface area contributed by atoms with E-state index in [4.69, 9.17) is 15.5 Å². The Morgan fingerprint density at radius 3 is 2.76 bits per heavy atom. The van der Waals surface area contributed by atoms with Crippen molar-refractivity contribution in [2.24, 2.45) is 0 Å². The number of hydrogen-bond acceptors (Lipinski definition) is 6. The first kappa shape index (κ1) is 17.6. The zero-order chi connectivity index (χ0) is 19.6. The molecule has 0 radical (unpaired) electrons. The van der Waals surface area contributed by atoms with Crippen molar-refractivity contribution in [3.63, 3.8) is 0 Å². The summed E-state index contributed by atoms with van der Waals surface area (Å²) < 4.78 is 7.91. The van der Waals surface area contributed by atoms with Crippen LogP contribution in [0.4, 0.5) is 5.82 Å². The zero-order valence-corrected chi connectivity index (χ0v) is 16.0. The Morgan fingerprint density at radius 1 is 1.10 bits per heavy atom. The monoisotopic (exact) mass is 386 g/mol. The maximum absolute atomic E-state index is 6.22. The highest BCUT2D eigenvalue weighted by Gasteiger charge is 2.24. The molecule has 5 rings (SSSR count). The summed E-state index contributed by atoms with van der Waals surface area (Å²) in [6.07, 6.45) is 7.64. The molecule has 1 atom stereocenters. The Bertz CT molecular complexity index is 1120. The molecule has 29 heavy (non-hydrogen) atoms. The number of fused-ring (bicyclic) bond motifs is 1. The van der Waals surface area contributed by atoms with Crippen molar-refractivity contribution >= 4 is 11.3 Å². The predicted octanol–water partition coefficient (Wildman–Crippen LogP) is 3.38. The minimum Gasteiger partial charge on any atom is -0.487 e. The Balaban J connectivity index is 1.46. The highest BCUT2D eigenvalue weighted by molar-refractivity contribution is 5.85. The number of imidazole rings is 1. The number of nitrogens with zero attached hydrogens (tertiary/aromatic N) is 4. The molecule has 0 aliphatic carbocycles. The van der Waals surface area contributed by atoms with Crippen molar-refractivity contribution in [1.82, 2.24) is 24.7 Å². The van der Waals surface area contributed by atoms with Crippen molar-refractivity contribution in [3.05, 3.63) is 72.6 Å². The van der Waals surface area contributed by atoms with E-state index in [9.17, 15) is 0 Å². The van der Waals surface area contributed by atoms with Crippen LogP contribution >= 0.6 is 0 Å². The first-order valence-electron chi connectivity index (χ1n) is 9.78. The van der Waals surface area contributed by atoms with E-state index >= 15 is 0 Å². The lowest BCUT2D eigenvalue weighted by molar-refractivity contribution is 0.301. The summed E-state index contributed by atoms with van der Waals surface area (Å²) in [5.41, 5.74) is 9.79. The quantitative estimate of drug-likeness (QED) is 0.546. The number of pyridine rings is 1. The van der Waals surface area contributed by atoms with Crippen LogP contribution in [0, 0.1) is 0 Å². The summed E-state index contributed by atoms with van der Waals surface area (Å²) in [6, 6.07) is 13.9. The molecule has 3 aromatic heterocycles. The summed E-state index contributed by atoms with van der Waals surface area (Å²) >= 11 is 0. The minimum absolute atomic E-state index is 0.235. The van der Waals surface area contributed by atoms with Crippen LogP contribution in [0.5, 0.6) is 5.75 Å². The van der Waals surface area contributed by atoms with E-state index in [1.807, 2.05) is 48.7 Å². The fraction of sp³-hybridized carbons (Fsp3) is 0.227. The van der Waals surface area contributed by atoms with Gasteiger partial charge in [-0.05, 0) is 55.8 Å². The minimum atomic E-state index is 0.235. The van der Waals surface area contributed by atoms with Gasteiger partial charge in [-0.2, -0.15) is 0 Å². The van der Waals surface area contributed by atoms with E-state index in [-0.39, 0.29) is 6.04 Å². The van der Waals surface area contributed by atoms with E-state index in [0.717, 1.165) is 53.4 Å². The number of ether oxygens (including phenoxy) is 1. The predicted molar refractivity (Wildman–Crippen MR) is 111 cm³/mol. The Morgan fingerprint density at radius 2 is 2.00 bits per heavy atom. The van der Waals surface area contributed by atoms with Crippen molar-refractivity contribution in [2.75, 3.05) is 12.3 Å². The second-order valence-electron chi connectivity index (χ2n) is 7.13. The van der Waals surface area contributed by atoms with Gasteiger partial charge in [0, 0.05) is 24.2 Å². The zero-order valence-electron chi connectivity index (χ0n) is 16.0. The average Bonchev–Trinajstić information content (AvgIpc) is 3.42. The van der Waals surface area contributed by atoms with Gasteiger partial charge in [0.1, 0.15) is 35.2 Å². The van der Waals surface area contributed by atoms with Crippen molar-refractivity contribution in [2.45, 2.75) is 25.5 Å². The van der Waals surface area contributed by atoms with Crippen molar-refractivity contribution in [3.8, 4) is 17.0 Å². The standard InChI is InChI=1S/C22H22N6O/c23-21-20-19(27-22(18-5-3-11-25-18)28(20)13-12-26-21)15-6-8-17(9-7-15)29-14-16-4-1-2-10-24-16/h1-2,4,6-10,12-13,18,25H,3,5,11,14H2,(H2,23,26). The van der Waals surface area contributed by atoms with Crippen LogP contribution in [0.25, 0.3) is 16.8 Å². The molecule has 1 aliphatic heterocycles. The summed E-state index contributed by atoms with van der Waals surface area (Å²) in [5, 5.41) is 3.52. The van der Waals surface area contributed by atoms with Gasteiger partial charge in [-0.15, -0.1) is 0 Å². The van der Waals surface area contributed by atoms with Crippen LogP contribution in [0.15, 0.2) is 61.1 Å². The van der Waals surface area contributed by atoms with Crippen LogP contribution in [-0.4, -0.2) is 25.9 Å². The van der Waals surface area contributed by atoms with Gasteiger partial charge in [-0.3, -0.25) is 9.38 Å². The lowest BCUT2D eigenvalue weighted by Crippen LogP contribution is -2.15. The van der Waals surface area contributed by atoms with Gasteiger partial charge < -0.3 is 15.8 Å². The summed E-state index contributed by atoms with van der Waals surface area (Å²) in [7, 11) is 0. The van der Waals surface area contributed by atoms with Gasteiger partial charge in [0.25, 0.3) is 0 Å². The fourth-order valence-corrected chi connectivity index (χ4v) is 3.79. The molecule has 7 heteroatoms. The van der Waals surface area contributed by atoms with Crippen LogP contribution in [0.2, 0.25) is 0 Å². The number of nitrogens with two attached hydrogens (primary N) is 1. The molecule has 3 N–H and O–H groups in total. The molecule has 0 bridgehead atoms. The van der Waals surface area contributed by atoms with Crippen LogP contribution < -0.4 is 15.8 Å². The number of aromatic nitrogens is 4. The normalized spacial score (nSPS) is 16.3. The second-order valence-corrected chi connectivity index (χ2v) is 7.13. The summed E-state index contributed by atoms with van der Waals surface area (Å²) in [5.74, 6) is 2.25. The summed E-state index contributed by atoms with van der Waals surface area (Å²) in [6.45, 7) is 1.44. The van der Waals surface area contributed by atoms with E-state index in [1.54, 1.807) is 12.4 Å². The third-order valence-corrected chi connectivity index (χ3v) is 5.22. The molecule has 1 fully saturated rings. The molecule has 0 spiro atoms. The molecular formula is C22H22N6O. The fourth-order valence-electron chi connectivity index (χ4n) is 3.79. The van der Waals surface area contributed by atoms with E-state index in [1.165, 1.54) is 0 Å². The molecule has 0 saturated carbocycles. The molecule has 7 nitrogen and oxygen atoms in total. The molecule has 1 aliphatic rings. The molecule has 4 aromatic rings. The maximum atomic E-state index is 6.22. The second kappa shape index (κ2) is 7.52. The Hall–Kier alpha value is -3.45. The van der Waals surface area contributed by atoms with Crippen molar-refractivity contribution < 1.29 is 4.74 Å². The average molecular weight is 386 g/mol. The first-order valence-corrected chi connectivity index (χ1v) is 9.78. The number of hydrogen-bond donors (Lipinski definition) is 2. The number of nitrogen functional groups attached to an aromatic ring is 1. The van der Waals surface area contributed by atoms with Gasteiger partial charge >= 0.3 is 0 Å². The van der Waals surface area contributed by atoms with Gasteiger partial charge in [-0.25, -0.2) is 9.97 Å². The van der Waals surface area contributed by atoms with Gasteiger partial charge in [0.05, 0.1) is 11.7 Å². The smallest absolute Gasteiger partial charge is 0.150 e. The van der Waals surface area contributed by atoms with Gasteiger partial charge in [-0.1, -0.05) is 6.07 Å². The number of nitrogens with one attached hydrogen (secondary N) is 1. The Labute approximate surface area is 168 Å². The summed E-state index contributed by atoms with van der Waals surface area (Å²) in [4.78, 5) is 13.5. The van der Waals surface area contributed by atoms with Crippen LogP contribution in [0.3, 0.4) is 0 Å². The third-order valence-electron chi connectivity index (χ3n) is 5.22. The molecule has 1 unspecified atom stereocenters. The number of benzene rings is 1. The topological polar surface area (TPSA) is 90.4 Å². The number of anilines is 1. The molecule has 146 valence electrons. The molecule has 1 aromatic carbocycles. The van der Waals surface area contributed by atoms with Crippen LogP contribution in [-0.2, 0) is 6.61 Å². The molecule has 1 saturated heterocycles. The first-order chi connectivity index (χ1) is 14.3. The van der Waals surface area contributed by atoms with E-state index in [0.29, 0.717) is 12.4 Å². The number of rotatable bonds is 5. The SMILES string of the molecule is Nc1nccn2c(C3CCCN3)nc(-c3ccc(OCc4ccccn4)cc3)c12. The highest BCUT2D eigenvalue weighted by atomic mass is 16.5. The maximum Gasteiger partial charge on any atom is 0.150 e. The van der Waals surface area contributed by atoms with Gasteiger partial charge in [0.2, 0.25) is 0 Å². The molecule has 0 amide bonds. The third kappa shape index (κ3) is 3.40. The molecular weight excluding hydrogens is 364 g/mol. The van der Waals surface area contributed by atoms with Crippen LogP contribution in [0.1, 0.15) is 30.4 Å². The van der Waals surface area contributed by atoms with Crippen molar-refractivity contribution in [1.29, 1.82) is 0 Å². The highest BCUT2D eigenvalue weighted by Crippen LogP contribution is 2.33. The largest absolute Gasteiger partial charge is 0.487 e. The van der Waals surface area contributed by atoms with Gasteiger partial charge in [0.15, 0.2) is 0 Å². The van der Waals surface area contributed by atoms with E-state index in [2.05, 4.69) is 19.7 Å². The van der Waals surface area contributed by atoms with E-state index < -0.39 is 0 Å². The molecule has 4 heterocycles. The lowest BCUT2D eigenvalue weighted by atomic mass is 10.1. The Kier molecular flexibility index (Phi) is 4.57.